The number of aromatic nitrogens is 1. The van der Waals surface area contributed by atoms with Gasteiger partial charge in [0.05, 0.1) is 18.1 Å². The zero-order chi connectivity index (χ0) is 21.5. The van der Waals surface area contributed by atoms with E-state index in [1.165, 1.54) is 0 Å². The van der Waals surface area contributed by atoms with Crippen molar-refractivity contribution < 1.29 is 13.6 Å². The first kappa shape index (κ1) is 21.0. The molecule has 2 aliphatic heterocycles. The second-order valence-corrected chi connectivity index (χ2v) is 9.05. The molecule has 1 aromatic heterocycles. The highest BCUT2D eigenvalue weighted by Crippen LogP contribution is 2.35. The minimum Gasteiger partial charge on any atom is -0.369 e. The number of benzene rings is 1. The van der Waals surface area contributed by atoms with E-state index in [0.717, 1.165) is 28.7 Å². The molecular weight excluding hydrogens is 386 g/mol. The van der Waals surface area contributed by atoms with Gasteiger partial charge in [-0.1, -0.05) is 13.0 Å². The summed E-state index contributed by atoms with van der Waals surface area (Å²) in [5.41, 5.74) is 3.22. The molecule has 5 nitrogen and oxygen atoms in total. The van der Waals surface area contributed by atoms with Crippen molar-refractivity contribution in [1.29, 1.82) is 0 Å². The first-order valence-electron chi connectivity index (χ1n) is 10.7. The molecule has 1 aromatic carbocycles. The van der Waals surface area contributed by atoms with Crippen molar-refractivity contribution >= 4 is 22.5 Å². The van der Waals surface area contributed by atoms with Crippen LogP contribution in [0.4, 0.5) is 14.5 Å². The topological polar surface area (TPSA) is 48.5 Å². The van der Waals surface area contributed by atoms with E-state index in [0.29, 0.717) is 19.5 Å². The van der Waals surface area contributed by atoms with Crippen LogP contribution in [0, 0.1) is 18.8 Å². The third-order valence-corrected chi connectivity index (χ3v) is 6.62. The molecule has 162 valence electrons. The van der Waals surface area contributed by atoms with E-state index in [-0.39, 0.29) is 30.8 Å². The maximum Gasteiger partial charge on any atom is 0.263 e. The van der Waals surface area contributed by atoms with Gasteiger partial charge in [0.2, 0.25) is 5.91 Å². The third kappa shape index (κ3) is 4.13. The Labute approximate surface area is 176 Å². The van der Waals surface area contributed by atoms with Crippen molar-refractivity contribution in [2.75, 3.05) is 38.1 Å². The fraction of sp³-hybridized carbons (Fsp3) is 0.565. The van der Waals surface area contributed by atoms with E-state index in [9.17, 15) is 13.6 Å². The summed E-state index contributed by atoms with van der Waals surface area (Å²) in [6.07, 6.45) is 2.04. The van der Waals surface area contributed by atoms with Crippen LogP contribution in [0.15, 0.2) is 30.5 Å². The van der Waals surface area contributed by atoms with Gasteiger partial charge in [0, 0.05) is 42.7 Å². The largest absolute Gasteiger partial charge is 0.369 e. The number of nitrogens with one attached hydrogen (secondary N) is 1. The monoisotopic (exact) mass is 416 g/mol. The fourth-order valence-corrected chi connectivity index (χ4v) is 4.82. The molecule has 3 heterocycles. The van der Waals surface area contributed by atoms with Crippen molar-refractivity contribution in [3.63, 3.8) is 0 Å². The molecule has 2 saturated heterocycles. The van der Waals surface area contributed by atoms with Crippen LogP contribution in [0.3, 0.4) is 0 Å². The quantitative estimate of drug-likeness (QED) is 0.829. The molecule has 1 amide bonds. The van der Waals surface area contributed by atoms with Gasteiger partial charge in [-0.3, -0.25) is 9.78 Å². The first-order valence-corrected chi connectivity index (χ1v) is 10.7. The second-order valence-electron chi connectivity index (χ2n) is 9.05. The Bertz CT molecular complexity index is 935. The minimum atomic E-state index is -2.81. The van der Waals surface area contributed by atoms with Gasteiger partial charge in [0.25, 0.3) is 5.92 Å². The minimum absolute atomic E-state index is 0.0505. The van der Waals surface area contributed by atoms with Gasteiger partial charge in [-0.2, -0.15) is 0 Å². The predicted octanol–water partition coefficient (Wildman–Crippen LogP) is 3.46. The SMILES string of the molecule is Cc1ccc(N2C[C@@H](C)[C@@H](NC(=O)C[C@H]3CCN(C)CC3(F)F)C2)c2cccnc12. The van der Waals surface area contributed by atoms with Crippen LogP contribution in [0.1, 0.15) is 25.3 Å². The number of alkyl halides is 2. The molecule has 2 fully saturated rings. The second kappa shape index (κ2) is 8.10. The highest BCUT2D eigenvalue weighted by molar-refractivity contribution is 5.94. The predicted molar refractivity (Wildman–Crippen MR) is 115 cm³/mol. The van der Waals surface area contributed by atoms with Gasteiger partial charge < -0.3 is 15.1 Å². The van der Waals surface area contributed by atoms with E-state index in [4.69, 9.17) is 0 Å². The molecule has 0 bridgehead atoms. The van der Waals surface area contributed by atoms with Crippen LogP contribution in [-0.2, 0) is 4.79 Å². The molecule has 7 heteroatoms. The molecule has 0 radical (unpaired) electrons. The Morgan fingerprint density at radius 3 is 2.87 bits per heavy atom. The molecule has 0 aliphatic carbocycles. The molecular formula is C23H30F2N4O. The summed E-state index contributed by atoms with van der Waals surface area (Å²) >= 11 is 0. The molecule has 2 aromatic rings. The lowest BCUT2D eigenvalue weighted by Gasteiger charge is -2.36. The number of nitrogens with zero attached hydrogens (tertiary/aromatic N) is 3. The fourth-order valence-electron chi connectivity index (χ4n) is 4.82. The molecule has 0 spiro atoms. The Morgan fingerprint density at radius 2 is 2.10 bits per heavy atom. The van der Waals surface area contributed by atoms with Gasteiger partial charge in [-0.05, 0) is 56.6 Å². The molecule has 1 N–H and O–H groups in total. The van der Waals surface area contributed by atoms with E-state index < -0.39 is 11.8 Å². The number of fused-ring (bicyclic) bond motifs is 1. The Kier molecular flexibility index (Phi) is 5.66. The van der Waals surface area contributed by atoms with E-state index in [2.05, 4.69) is 40.3 Å². The third-order valence-electron chi connectivity index (χ3n) is 6.62. The highest BCUT2D eigenvalue weighted by atomic mass is 19.3. The average Bonchev–Trinajstić information content (AvgIpc) is 3.04. The number of piperidine rings is 1. The number of carbonyl (C=O) groups is 1. The number of pyridine rings is 1. The van der Waals surface area contributed by atoms with E-state index in [1.807, 2.05) is 13.0 Å². The van der Waals surface area contributed by atoms with Gasteiger partial charge in [0.15, 0.2) is 0 Å². The highest BCUT2D eigenvalue weighted by Gasteiger charge is 2.44. The zero-order valence-electron chi connectivity index (χ0n) is 17.9. The van der Waals surface area contributed by atoms with Crippen LogP contribution < -0.4 is 10.2 Å². The van der Waals surface area contributed by atoms with Gasteiger partial charge in [-0.15, -0.1) is 0 Å². The molecule has 0 unspecified atom stereocenters. The standard InChI is InChI=1S/C23H30F2N4O/c1-15-6-7-20(18-5-4-9-26-22(15)18)29-12-16(2)19(13-29)27-21(30)11-17-8-10-28(3)14-23(17,24)25/h4-7,9,16-17,19H,8,10-14H2,1-3H3,(H,27,30)/t16-,17-,19+/m1/s1. The van der Waals surface area contributed by atoms with Crippen molar-refractivity contribution in [3.8, 4) is 0 Å². The van der Waals surface area contributed by atoms with Crippen molar-refractivity contribution in [2.24, 2.45) is 11.8 Å². The number of amides is 1. The lowest BCUT2D eigenvalue weighted by atomic mass is 9.89. The summed E-state index contributed by atoms with van der Waals surface area (Å²) in [7, 11) is 1.70. The molecule has 4 rings (SSSR count). The van der Waals surface area contributed by atoms with Gasteiger partial charge >= 0.3 is 0 Å². The lowest BCUT2D eigenvalue weighted by Crippen LogP contribution is -2.49. The molecule has 30 heavy (non-hydrogen) atoms. The summed E-state index contributed by atoms with van der Waals surface area (Å²) < 4.78 is 28.6. The molecule has 0 saturated carbocycles. The van der Waals surface area contributed by atoms with Crippen LogP contribution >= 0.6 is 0 Å². The lowest BCUT2D eigenvalue weighted by molar-refractivity contribution is -0.135. The van der Waals surface area contributed by atoms with Crippen LogP contribution in [0.2, 0.25) is 0 Å². The van der Waals surface area contributed by atoms with Crippen LogP contribution in [0.25, 0.3) is 10.9 Å². The smallest absolute Gasteiger partial charge is 0.263 e. The number of carbonyl (C=O) groups excluding carboxylic acids is 1. The first-order chi connectivity index (χ1) is 14.2. The number of likely N-dealkylation sites (tertiary alicyclic amines) is 1. The number of rotatable bonds is 4. The van der Waals surface area contributed by atoms with Crippen molar-refractivity contribution in [3.05, 3.63) is 36.0 Å². The maximum absolute atomic E-state index is 14.3. The van der Waals surface area contributed by atoms with E-state index in [1.54, 1.807) is 18.1 Å². The van der Waals surface area contributed by atoms with Gasteiger partial charge in [-0.25, -0.2) is 8.78 Å². The van der Waals surface area contributed by atoms with Gasteiger partial charge in [0.1, 0.15) is 0 Å². The number of anilines is 1. The van der Waals surface area contributed by atoms with Crippen molar-refractivity contribution in [1.82, 2.24) is 15.2 Å². The van der Waals surface area contributed by atoms with Crippen LogP contribution in [-0.4, -0.2) is 61.0 Å². The Hall–Kier alpha value is -2.28. The molecule has 2 aliphatic rings. The molecule has 3 atom stereocenters. The number of hydrogen-bond acceptors (Lipinski definition) is 4. The summed E-state index contributed by atoms with van der Waals surface area (Å²) in [4.78, 5) is 21.0. The summed E-state index contributed by atoms with van der Waals surface area (Å²) in [6.45, 7) is 5.96. The Morgan fingerprint density at radius 1 is 1.30 bits per heavy atom. The summed E-state index contributed by atoms with van der Waals surface area (Å²) in [5, 5.41) is 4.14. The normalized spacial score (nSPS) is 26.8. The van der Waals surface area contributed by atoms with E-state index >= 15 is 0 Å². The van der Waals surface area contributed by atoms with Crippen LogP contribution in [0.5, 0.6) is 0 Å². The number of aryl methyl sites for hydroxylation is 1. The summed E-state index contributed by atoms with van der Waals surface area (Å²) in [6, 6.07) is 8.14. The summed E-state index contributed by atoms with van der Waals surface area (Å²) in [5.74, 6) is -3.72. The average molecular weight is 417 g/mol. The maximum atomic E-state index is 14.3. The Balaban J connectivity index is 1.43. The number of halogens is 2. The zero-order valence-corrected chi connectivity index (χ0v) is 17.9. The number of hydrogen-bond donors (Lipinski definition) is 1. The van der Waals surface area contributed by atoms with Crippen molar-refractivity contribution in [2.45, 2.75) is 38.7 Å².